The third-order valence-electron chi connectivity index (χ3n) is 5.56. The van der Waals surface area contributed by atoms with E-state index in [-0.39, 0.29) is 18.2 Å². The lowest BCUT2D eigenvalue weighted by Gasteiger charge is -2.51. The third-order valence-corrected chi connectivity index (χ3v) is 5.56. The van der Waals surface area contributed by atoms with Gasteiger partial charge in [-0.2, -0.15) is 0 Å². The fourth-order valence-corrected chi connectivity index (χ4v) is 4.40. The van der Waals surface area contributed by atoms with Crippen LogP contribution in [0.3, 0.4) is 0 Å². The molecule has 0 aromatic heterocycles. The van der Waals surface area contributed by atoms with Crippen molar-refractivity contribution in [1.29, 1.82) is 0 Å². The van der Waals surface area contributed by atoms with Crippen molar-refractivity contribution in [3.8, 4) is 0 Å². The molecule has 2 atom stereocenters. The van der Waals surface area contributed by atoms with E-state index in [0.29, 0.717) is 19.4 Å². The van der Waals surface area contributed by atoms with Gasteiger partial charge < -0.3 is 14.7 Å². The van der Waals surface area contributed by atoms with Crippen LogP contribution in [0, 0.1) is 0 Å². The molecule has 0 radical (unpaired) electrons. The highest BCUT2D eigenvalue weighted by Crippen LogP contribution is 2.41. The number of rotatable bonds is 6. The molecular weight excluding hydrogens is 314 g/mol. The van der Waals surface area contributed by atoms with Crippen molar-refractivity contribution < 1.29 is 14.6 Å². The molecule has 2 saturated heterocycles. The summed E-state index contributed by atoms with van der Waals surface area (Å²) in [7, 11) is 0. The van der Waals surface area contributed by atoms with Crippen molar-refractivity contribution in [2.45, 2.75) is 75.7 Å². The molecule has 25 heavy (non-hydrogen) atoms. The summed E-state index contributed by atoms with van der Waals surface area (Å²) in [5.74, 6) is 0. The minimum absolute atomic E-state index is 0.101. The molecule has 3 rings (SSSR count). The molecule has 0 saturated carbocycles. The zero-order valence-electron chi connectivity index (χ0n) is 14.9. The van der Waals surface area contributed by atoms with Crippen molar-refractivity contribution in [3.63, 3.8) is 0 Å². The van der Waals surface area contributed by atoms with Gasteiger partial charge >= 0.3 is 6.09 Å². The van der Waals surface area contributed by atoms with Crippen LogP contribution >= 0.6 is 0 Å². The van der Waals surface area contributed by atoms with Crippen LogP contribution in [0.5, 0.6) is 0 Å². The molecule has 4 heteroatoms. The zero-order chi connectivity index (χ0) is 17.7. The van der Waals surface area contributed by atoms with Gasteiger partial charge in [-0.1, -0.05) is 36.4 Å². The molecule has 1 N–H and O–H groups in total. The maximum absolute atomic E-state index is 12.7. The second-order valence-electron chi connectivity index (χ2n) is 7.50. The van der Waals surface area contributed by atoms with E-state index in [1.165, 1.54) is 0 Å². The quantitative estimate of drug-likeness (QED) is 0.614. The Balaban J connectivity index is 1.60. The van der Waals surface area contributed by atoms with E-state index in [9.17, 15) is 9.90 Å². The molecule has 1 aromatic rings. The van der Waals surface area contributed by atoms with Crippen molar-refractivity contribution in [2.24, 2.45) is 0 Å². The smallest absolute Gasteiger partial charge is 0.410 e. The fourth-order valence-electron chi connectivity index (χ4n) is 4.40. The summed E-state index contributed by atoms with van der Waals surface area (Å²) in [6.45, 7) is 4.06. The molecular formula is C21H29NO3. The van der Waals surface area contributed by atoms with E-state index in [0.717, 1.165) is 44.1 Å². The van der Waals surface area contributed by atoms with Crippen LogP contribution in [0.15, 0.2) is 43.0 Å². The van der Waals surface area contributed by atoms with Gasteiger partial charge in [-0.3, -0.25) is 0 Å². The molecule has 136 valence electrons. The maximum Gasteiger partial charge on any atom is 0.410 e. The summed E-state index contributed by atoms with van der Waals surface area (Å²) in [6.07, 6.45) is 8.73. The van der Waals surface area contributed by atoms with Gasteiger partial charge in [0.05, 0.1) is 5.60 Å². The first-order valence-corrected chi connectivity index (χ1v) is 9.43. The molecule has 1 aromatic carbocycles. The molecule has 2 unspecified atom stereocenters. The molecule has 2 aliphatic heterocycles. The maximum atomic E-state index is 12.7. The number of ether oxygens (including phenoxy) is 1. The first-order valence-electron chi connectivity index (χ1n) is 9.43. The predicted molar refractivity (Wildman–Crippen MR) is 98.1 cm³/mol. The van der Waals surface area contributed by atoms with Crippen LogP contribution in [-0.2, 0) is 11.3 Å². The summed E-state index contributed by atoms with van der Waals surface area (Å²) in [5, 5.41) is 11.0. The Morgan fingerprint density at radius 2 is 1.96 bits per heavy atom. The molecule has 2 heterocycles. The Morgan fingerprint density at radius 1 is 1.28 bits per heavy atom. The summed E-state index contributed by atoms with van der Waals surface area (Å²) in [5.41, 5.74) is 0.355. The van der Waals surface area contributed by atoms with Crippen molar-refractivity contribution in [1.82, 2.24) is 4.90 Å². The van der Waals surface area contributed by atoms with Crippen LogP contribution in [0.1, 0.15) is 56.9 Å². The van der Waals surface area contributed by atoms with Gasteiger partial charge in [-0.25, -0.2) is 4.79 Å². The lowest BCUT2D eigenvalue weighted by atomic mass is 9.74. The minimum Gasteiger partial charge on any atom is -0.445 e. The fraction of sp³-hybridized carbons (Fsp3) is 0.571. The van der Waals surface area contributed by atoms with Crippen LogP contribution in [0.2, 0.25) is 0 Å². The zero-order valence-corrected chi connectivity index (χ0v) is 14.9. The van der Waals surface area contributed by atoms with Gasteiger partial charge in [0.15, 0.2) is 0 Å². The molecule has 4 nitrogen and oxygen atoms in total. The normalized spacial score (nSPS) is 28.4. The third kappa shape index (κ3) is 4.43. The van der Waals surface area contributed by atoms with Gasteiger partial charge in [0.25, 0.3) is 0 Å². The lowest BCUT2D eigenvalue weighted by molar-refractivity contribution is -0.0896. The standard InChI is InChI=1S/C21H29NO3/c1-2-3-7-13-21(24)14-18-11-8-12-19(15-21)22(18)20(23)25-16-17-9-5-4-6-10-17/h2,4-6,9-10,18-19,24H,1,3,7-8,11-16H2. The summed E-state index contributed by atoms with van der Waals surface area (Å²) in [4.78, 5) is 14.6. The molecule has 2 aliphatic rings. The van der Waals surface area contributed by atoms with E-state index in [1.807, 2.05) is 41.3 Å². The van der Waals surface area contributed by atoms with Crippen molar-refractivity contribution >= 4 is 6.09 Å². The van der Waals surface area contributed by atoms with Crippen molar-refractivity contribution in [2.75, 3.05) is 0 Å². The Hall–Kier alpha value is -1.81. The number of fused-ring (bicyclic) bond motifs is 2. The summed E-state index contributed by atoms with van der Waals surface area (Å²) >= 11 is 0. The molecule has 0 spiro atoms. The van der Waals surface area contributed by atoms with Gasteiger partial charge in [0.2, 0.25) is 0 Å². The van der Waals surface area contributed by atoms with Crippen LogP contribution in [0.4, 0.5) is 4.79 Å². The second kappa shape index (κ2) is 8.05. The molecule has 2 fully saturated rings. The van der Waals surface area contributed by atoms with E-state index in [1.54, 1.807) is 0 Å². The van der Waals surface area contributed by atoms with Crippen LogP contribution < -0.4 is 0 Å². The Labute approximate surface area is 150 Å². The minimum atomic E-state index is -0.644. The predicted octanol–water partition coefficient (Wildman–Crippen LogP) is 4.43. The van der Waals surface area contributed by atoms with Gasteiger partial charge in [0, 0.05) is 12.1 Å². The average molecular weight is 343 g/mol. The summed E-state index contributed by atoms with van der Waals surface area (Å²) < 4.78 is 5.56. The number of amides is 1. The number of carbonyl (C=O) groups is 1. The SMILES string of the molecule is C=CCCCC1(O)CC2CCCC(C1)N2C(=O)OCc1ccccc1. The number of hydrogen-bond donors (Lipinski definition) is 1. The average Bonchev–Trinajstić information content (AvgIpc) is 2.60. The molecule has 2 bridgehead atoms. The number of piperidine rings is 2. The van der Waals surface area contributed by atoms with Gasteiger partial charge in [-0.05, 0) is 56.9 Å². The van der Waals surface area contributed by atoms with Crippen molar-refractivity contribution in [3.05, 3.63) is 48.6 Å². The largest absolute Gasteiger partial charge is 0.445 e. The molecule has 0 aliphatic carbocycles. The van der Waals surface area contributed by atoms with E-state index in [4.69, 9.17) is 4.74 Å². The molecule has 1 amide bonds. The highest BCUT2D eigenvalue weighted by molar-refractivity contribution is 5.69. The first-order chi connectivity index (χ1) is 12.1. The monoisotopic (exact) mass is 343 g/mol. The highest BCUT2D eigenvalue weighted by Gasteiger charge is 2.47. The van der Waals surface area contributed by atoms with E-state index >= 15 is 0 Å². The Bertz CT molecular complexity index is 572. The Kier molecular flexibility index (Phi) is 5.79. The van der Waals surface area contributed by atoms with Crippen LogP contribution in [0.25, 0.3) is 0 Å². The van der Waals surface area contributed by atoms with E-state index < -0.39 is 5.60 Å². The van der Waals surface area contributed by atoms with Gasteiger partial charge in [0.1, 0.15) is 6.61 Å². The van der Waals surface area contributed by atoms with Crippen LogP contribution in [-0.4, -0.2) is 33.8 Å². The number of nitrogens with zero attached hydrogens (tertiary/aromatic N) is 1. The summed E-state index contributed by atoms with van der Waals surface area (Å²) in [6, 6.07) is 9.97. The Morgan fingerprint density at radius 3 is 2.60 bits per heavy atom. The lowest BCUT2D eigenvalue weighted by Crippen LogP contribution is -2.59. The number of aliphatic hydroxyl groups is 1. The number of unbranched alkanes of at least 4 members (excludes halogenated alkanes) is 1. The number of allylic oxidation sites excluding steroid dienone is 1. The second-order valence-corrected chi connectivity index (χ2v) is 7.50. The topological polar surface area (TPSA) is 49.8 Å². The number of benzene rings is 1. The van der Waals surface area contributed by atoms with Gasteiger partial charge in [-0.15, -0.1) is 6.58 Å². The number of hydrogen-bond acceptors (Lipinski definition) is 3. The highest BCUT2D eigenvalue weighted by atomic mass is 16.6. The first kappa shape index (κ1) is 18.0. The van der Waals surface area contributed by atoms with E-state index in [2.05, 4.69) is 6.58 Å². The number of carbonyl (C=O) groups excluding carboxylic acids is 1.